The van der Waals surface area contributed by atoms with Crippen molar-refractivity contribution >= 4 is 17.2 Å². The minimum atomic E-state index is -0.230. The molecule has 0 unspecified atom stereocenters. The van der Waals surface area contributed by atoms with Crippen LogP contribution in [0.2, 0.25) is 0 Å². The standard InChI is InChI=1S/C12H13N3O2S/c1-14(7-9-5-6-18-8-9)12(17)10-3-4-11(16)15(2)13-10/h3-6,8H,7H2,1-2H3. The van der Waals surface area contributed by atoms with Crippen molar-refractivity contribution in [3.63, 3.8) is 0 Å². The van der Waals surface area contributed by atoms with Crippen LogP contribution in [0.5, 0.6) is 0 Å². The summed E-state index contributed by atoms with van der Waals surface area (Å²) in [5.74, 6) is -0.197. The number of hydrogen-bond donors (Lipinski definition) is 0. The first-order chi connectivity index (χ1) is 8.58. The van der Waals surface area contributed by atoms with E-state index in [-0.39, 0.29) is 17.2 Å². The molecule has 0 bridgehead atoms. The largest absolute Gasteiger partial charge is 0.336 e. The quantitative estimate of drug-likeness (QED) is 0.833. The van der Waals surface area contributed by atoms with Gasteiger partial charge in [0.2, 0.25) is 0 Å². The molecule has 94 valence electrons. The average Bonchev–Trinajstić information content (AvgIpc) is 2.84. The lowest BCUT2D eigenvalue weighted by Gasteiger charge is -2.15. The molecule has 0 aliphatic carbocycles. The van der Waals surface area contributed by atoms with Crippen molar-refractivity contribution in [3.05, 3.63) is 50.6 Å². The second-order valence-electron chi connectivity index (χ2n) is 3.97. The SMILES string of the molecule is CN(Cc1ccsc1)C(=O)c1ccc(=O)n(C)n1. The second kappa shape index (κ2) is 5.14. The average molecular weight is 263 g/mol. The normalized spacial score (nSPS) is 10.3. The van der Waals surface area contributed by atoms with Crippen LogP contribution in [0.1, 0.15) is 16.1 Å². The highest BCUT2D eigenvalue weighted by molar-refractivity contribution is 7.07. The Kier molecular flexibility index (Phi) is 3.57. The molecule has 2 aromatic rings. The predicted octanol–water partition coefficient (Wildman–Crippen LogP) is 1.11. The summed E-state index contributed by atoms with van der Waals surface area (Å²) in [6, 6.07) is 4.77. The summed E-state index contributed by atoms with van der Waals surface area (Å²) in [4.78, 5) is 24.9. The Balaban J connectivity index is 2.15. The summed E-state index contributed by atoms with van der Waals surface area (Å²) in [6.45, 7) is 0.535. The fourth-order valence-corrected chi connectivity index (χ4v) is 2.20. The molecule has 0 aromatic carbocycles. The van der Waals surface area contributed by atoms with Gasteiger partial charge in [0.1, 0.15) is 5.69 Å². The van der Waals surface area contributed by atoms with E-state index in [2.05, 4.69) is 5.10 Å². The molecule has 0 aliphatic rings. The molecule has 2 aromatic heterocycles. The van der Waals surface area contributed by atoms with Crippen molar-refractivity contribution in [2.75, 3.05) is 7.05 Å². The number of carbonyl (C=O) groups excluding carboxylic acids is 1. The zero-order valence-corrected chi connectivity index (χ0v) is 11.0. The molecule has 0 saturated heterocycles. The second-order valence-corrected chi connectivity index (χ2v) is 4.75. The molecule has 6 heteroatoms. The first-order valence-corrected chi connectivity index (χ1v) is 6.33. The van der Waals surface area contributed by atoms with Gasteiger partial charge in [0.05, 0.1) is 0 Å². The van der Waals surface area contributed by atoms with Crippen LogP contribution in [-0.2, 0) is 13.6 Å². The summed E-state index contributed by atoms with van der Waals surface area (Å²) in [5.41, 5.74) is 1.13. The van der Waals surface area contributed by atoms with Gasteiger partial charge in [-0.2, -0.15) is 16.4 Å². The molecule has 0 aliphatic heterocycles. The van der Waals surface area contributed by atoms with E-state index in [0.717, 1.165) is 10.2 Å². The minimum absolute atomic E-state index is 0.197. The van der Waals surface area contributed by atoms with Crippen molar-refractivity contribution in [1.82, 2.24) is 14.7 Å². The third-order valence-electron chi connectivity index (χ3n) is 2.53. The third kappa shape index (κ3) is 2.65. The highest BCUT2D eigenvalue weighted by Gasteiger charge is 2.14. The van der Waals surface area contributed by atoms with E-state index in [1.807, 2.05) is 16.8 Å². The Morgan fingerprint density at radius 2 is 2.22 bits per heavy atom. The molecule has 0 radical (unpaired) electrons. The molecule has 5 nitrogen and oxygen atoms in total. The van der Waals surface area contributed by atoms with Crippen LogP contribution in [0.25, 0.3) is 0 Å². The van der Waals surface area contributed by atoms with Gasteiger partial charge in [-0.25, -0.2) is 4.68 Å². The van der Waals surface area contributed by atoms with Crippen molar-refractivity contribution < 1.29 is 4.79 Å². The van der Waals surface area contributed by atoms with Gasteiger partial charge in [0, 0.05) is 26.7 Å². The van der Waals surface area contributed by atoms with E-state index in [9.17, 15) is 9.59 Å². The summed E-state index contributed by atoms with van der Waals surface area (Å²) in [5, 5.41) is 7.91. The molecule has 0 spiro atoms. The number of nitrogens with zero attached hydrogens (tertiary/aromatic N) is 3. The first kappa shape index (κ1) is 12.5. The van der Waals surface area contributed by atoms with Crippen molar-refractivity contribution in [1.29, 1.82) is 0 Å². The Labute approximate surface area is 108 Å². The Morgan fingerprint density at radius 3 is 2.83 bits per heavy atom. The molecular weight excluding hydrogens is 250 g/mol. The first-order valence-electron chi connectivity index (χ1n) is 5.39. The van der Waals surface area contributed by atoms with E-state index >= 15 is 0 Å². The molecule has 2 rings (SSSR count). The van der Waals surface area contributed by atoms with Gasteiger partial charge in [-0.15, -0.1) is 0 Å². The Bertz CT molecular complexity index is 604. The molecule has 0 N–H and O–H groups in total. The monoisotopic (exact) mass is 263 g/mol. The third-order valence-corrected chi connectivity index (χ3v) is 3.26. The summed E-state index contributed by atoms with van der Waals surface area (Å²) < 4.78 is 1.16. The Morgan fingerprint density at radius 1 is 1.44 bits per heavy atom. The fourth-order valence-electron chi connectivity index (χ4n) is 1.54. The molecule has 0 fully saturated rings. The lowest BCUT2D eigenvalue weighted by atomic mass is 10.3. The van der Waals surface area contributed by atoms with E-state index < -0.39 is 0 Å². The Hall–Kier alpha value is -1.95. The molecular formula is C12H13N3O2S. The van der Waals surface area contributed by atoms with E-state index in [1.165, 1.54) is 19.2 Å². The number of carbonyl (C=O) groups is 1. The minimum Gasteiger partial charge on any atom is -0.336 e. The number of amides is 1. The predicted molar refractivity (Wildman–Crippen MR) is 69.6 cm³/mol. The van der Waals surface area contributed by atoms with Crippen LogP contribution >= 0.6 is 11.3 Å². The van der Waals surface area contributed by atoms with Crippen molar-refractivity contribution in [2.45, 2.75) is 6.54 Å². The van der Waals surface area contributed by atoms with Gasteiger partial charge >= 0.3 is 0 Å². The van der Waals surface area contributed by atoms with Gasteiger partial charge in [-0.1, -0.05) is 0 Å². The van der Waals surface area contributed by atoms with Crippen LogP contribution in [0.4, 0.5) is 0 Å². The van der Waals surface area contributed by atoms with Gasteiger partial charge in [-0.05, 0) is 28.5 Å². The number of rotatable bonds is 3. The smallest absolute Gasteiger partial charge is 0.274 e. The number of hydrogen-bond acceptors (Lipinski definition) is 4. The van der Waals surface area contributed by atoms with E-state index in [1.54, 1.807) is 23.3 Å². The summed E-state index contributed by atoms with van der Waals surface area (Å²) >= 11 is 1.59. The number of thiophene rings is 1. The maximum absolute atomic E-state index is 12.1. The fraction of sp³-hybridized carbons (Fsp3) is 0.250. The molecule has 0 atom stereocenters. The zero-order chi connectivity index (χ0) is 13.1. The van der Waals surface area contributed by atoms with Crippen LogP contribution in [0.3, 0.4) is 0 Å². The summed E-state index contributed by atoms with van der Waals surface area (Å²) in [6.07, 6.45) is 0. The number of aromatic nitrogens is 2. The lowest BCUT2D eigenvalue weighted by Crippen LogP contribution is -2.29. The van der Waals surface area contributed by atoms with Crippen LogP contribution in [0.15, 0.2) is 33.8 Å². The highest BCUT2D eigenvalue weighted by atomic mass is 32.1. The van der Waals surface area contributed by atoms with Crippen molar-refractivity contribution in [3.8, 4) is 0 Å². The lowest BCUT2D eigenvalue weighted by molar-refractivity contribution is 0.0777. The molecule has 2 heterocycles. The van der Waals surface area contributed by atoms with E-state index in [4.69, 9.17) is 0 Å². The summed E-state index contributed by atoms with van der Waals surface area (Å²) in [7, 11) is 3.24. The molecule has 1 amide bonds. The van der Waals surface area contributed by atoms with Crippen molar-refractivity contribution in [2.24, 2.45) is 7.05 Å². The van der Waals surface area contributed by atoms with Gasteiger partial charge in [0.25, 0.3) is 11.5 Å². The van der Waals surface area contributed by atoms with Crippen LogP contribution in [0, 0.1) is 0 Å². The van der Waals surface area contributed by atoms with Gasteiger partial charge in [-0.3, -0.25) is 9.59 Å². The van der Waals surface area contributed by atoms with Crippen LogP contribution in [-0.4, -0.2) is 27.6 Å². The highest BCUT2D eigenvalue weighted by Crippen LogP contribution is 2.09. The van der Waals surface area contributed by atoms with Gasteiger partial charge < -0.3 is 4.90 Å². The zero-order valence-electron chi connectivity index (χ0n) is 10.2. The molecule has 0 saturated carbocycles. The maximum Gasteiger partial charge on any atom is 0.274 e. The molecule has 18 heavy (non-hydrogen) atoms. The van der Waals surface area contributed by atoms with Gasteiger partial charge in [0.15, 0.2) is 0 Å². The van der Waals surface area contributed by atoms with Crippen LogP contribution < -0.4 is 5.56 Å². The van der Waals surface area contributed by atoms with E-state index in [0.29, 0.717) is 6.54 Å². The number of aryl methyl sites for hydroxylation is 1. The maximum atomic E-state index is 12.1. The topological polar surface area (TPSA) is 55.2 Å².